The first kappa shape index (κ1) is 23.8. The molecular formula is C32H35F2N5O. The highest BCUT2D eigenvalue weighted by atomic mass is 19.1. The van der Waals surface area contributed by atoms with Crippen molar-refractivity contribution in [3.8, 4) is 17.3 Å². The van der Waals surface area contributed by atoms with Crippen LogP contribution in [0, 0.1) is 23.6 Å². The summed E-state index contributed by atoms with van der Waals surface area (Å²) >= 11 is 0. The molecule has 6 nitrogen and oxygen atoms in total. The van der Waals surface area contributed by atoms with Crippen LogP contribution in [0.2, 0.25) is 0 Å². The fraction of sp³-hybridized carbons (Fsp3) is 0.594. The molecule has 4 unspecified atom stereocenters. The predicted octanol–water partition coefficient (Wildman–Crippen LogP) is 5.68. The molecule has 208 valence electrons. The molecule has 0 amide bonds. The van der Waals surface area contributed by atoms with Crippen molar-refractivity contribution in [2.75, 3.05) is 37.7 Å². The third-order valence-corrected chi connectivity index (χ3v) is 11.0. The zero-order valence-electron chi connectivity index (χ0n) is 22.8. The first-order chi connectivity index (χ1) is 19.5. The van der Waals surface area contributed by atoms with Gasteiger partial charge in [-0.3, -0.25) is 9.88 Å². The molecule has 2 aromatic heterocycles. The lowest BCUT2D eigenvalue weighted by Gasteiger charge is -2.34. The van der Waals surface area contributed by atoms with Gasteiger partial charge < -0.3 is 9.64 Å². The van der Waals surface area contributed by atoms with Gasteiger partial charge in [-0.25, -0.2) is 8.78 Å². The summed E-state index contributed by atoms with van der Waals surface area (Å²) in [5.41, 5.74) is 3.84. The molecule has 3 aliphatic heterocycles. The monoisotopic (exact) mass is 543 g/mol. The van der Waals surface area contributed by atoms with Crippen LogP contribution in [0.4, 0.5) is 14.6 Å². The van der Waals surface area contributed by atoms with Crippen LogP contribution >= 0.6 is 0 Å². The van der Waals surface area contributed by atoms with Crippen molar-refractivity contribution in [1.29, 1.82) is 0 Å². The van der Waals surface area contributed by atoms with Crippen molar-refractivity contribution >= 4 is 16.7 Å². The summed E-state index contributed by atoms with van der Waals surface area (Å²) in [6, 6.07) is 6.43. The summed E-state index contributed by atoms with van der Waals surface area (Å²) in [6.45, 7) is 3.54. The molecule has 2 saturated carbocycles. The normalized spacial score (nSPS) is 33.9. The lowest BCUT2D eigenvalue weighted by molar-refractivity contribution is 0.107. The van der Waals surface area contributed by atoms with Gasteiger partial charge in [0.1, 0.15) is 29.8 Å². The predicted molar refractivity (Wildman–Crippen MR) is 149 cm³/mol. The number of ether oxygens (including phenoxy) is 1. The summed E-state index contributed by atoms with van der Waals surface area (Å²) in [4.78, 5) is 18.9. The molecule has 5 fully saturated rings. The maximum absolute atomic E-state index is 16.5. The van der Waals surface area contributed by atoms with E-state index in [1.165, 1.54) is 36.8 Å². The molecule has 1 aromatic carbocycles. The molecule has 40 heavy (non-hydrogen) atoms. The molecule has 3 saturated heterocycles. The molecule has 0 radical (unpaired) electrons. The number of piperidine rings is 1. The minimum absolute atomic E-state index is 0.194. The molecule has 0 spiro atoms. The lowest BCUT2D eigenvalue weighted by Crippen LogP contribution is -2.43. The molecule has 6 aliphatic rings. The van der Waals surface area contributed by atoms with Gasteiger partial charge in [-0.05, 0) is 86.3 Å². The SMILES string of the molecule is Fc1c(-c2cccc3c2CC2CC32)ncc2c(N3CC4CCC(C4)C3)nc(OC[C@@]34CCCN3C[C@H](F)C4)nc12. The van der Waals surface area contributed by atoms with Crippen LogP contribution in [-0.4, -0.2) is 64.3 Å². The maximum atomic E-state index is 16.5. The number of nitrogens with zero attached hydrogens (tertiary/aromatic N) is 5. The molecule has 0 N–H and O–H groups in total. The van der Waals surface area contributed by atoms with E-state index >= 15 is 4.39 Å². The summed E-state index contributed by atoms with van der Waals surface area (Å²) < 4.78 is 37.2. The number of hydrogen-bond acceptors (Lipinski definition) is 6. The number of halogens is 2. The van der Waals surface area contributed by atoms with Crippen molar-refractivity contribution in [2.45, 2.75) is 69.0 Å². The molecule has 8 heteroatoms. The first-order valence-electron chi connectivity index (χ1n) is 15.3. The quantitative estimate of drug-likeness (QED) is 0.413. The van der Waals surface area contributed by atoms with E-state index < -0.39 is 12.0 Å². The number of anilines is 1. The lowest BCUT2D eigenvalue weighted by atomic mass is 9.95. The molecule has 3 aliphatic carbocycles. The Bertz CT molecular complexity index is 1520. The van der Waals surface area contributed by atoms with Gasteiger partial charge in [0.25, 0.3) is 0 Å². The zero-order chi connectivity index (χ0) is 26.6. The minimum Gasteiger partial charge on any atom is -0.461 e. The summed E-state index contributed by atoms with van der Waals surface area (Å²) in [5, 5.41) is 0.649. The van der Waals surface area contributed by atoms with Gasteiger partial charge >= 0.3 is 6.01 Å². The topological polar surface area (TPSA) is 54.4 Å². The van der Waals surface area contributed by atoms with Gasteiger partial charge in [-0.15, -0.1) is 0 Å². The highest BCUT2D eigenvalue weighted by molar-refractivity contribution is 5.92. The number of benzene rings is 1. The average Bonchev–Trinajstić information content (AvgIpc) is 3.18. The summed E-state index contributed by atoms with van der Waals surface area (Å²) in [7, 11) is 0. The molecule has 2 bridgehead atoms. The number of alkyl halides is 1. The first-order valence-corrected chi connectivity index (χ1v) is 15.3. The second kappa shape index (κ2) is 8.57. The maximum Gasteiger partial charge on any atom is 0.319 e. The van der Waals surface area contributed by atoms with Gasteiger partial charge in [0.2, 0.25) is 0 Å². The van der Waals surface area contributed by atoms with Crippen molar-refractivity contribution in [1.82, 2.24) is 19.9 Å². The number of pyridine rings is 1. The Morgan fingerprint density at radius 3 is 2.83 bits per heavy atom. The highest BCUT2D eigenvalue weighted by Crippen LogP contribution is 2.58. The van der Waals surface area contributed by atoms with Crippen LogP contribution < -0.4 is 9.64 Å². The van der Waals surface area contributed by atoms with E-state index in [-0.39, 0.29) is 17.1 Å². The van der Waals surface area contributed by atoms with E-state index in [4.69, 9.17) is 19.7 Å². The Morgan fingerprint density at radius 1 is 1.07 bits per heavy atom. The highest BCUT2D eigenvalue weighted by Gasteiger charge is 2.49. The fourth-order valence-corrected chi connectivity index (χ4v) is 9.06. The molecular weight excluding hydrogens is 508 g/mol. The van der Waals surface area contributed by atoms with E-state index in [1.54, 1.807) is 6.20 Å². The van der Waals surface area contributed by atoms with Gasteiger partial charge in [-0.2, -0.15) is 9.97 Å². The van der Waals surface area contributed by atoms with Gasteiger partial charge in [0, 0.05) is 37.8 Å². The molecule has 9 rings (SSSR count). The van der Waals surface area contributed by atoms with E-state index in [9.17, 15) is 4.39 Å². The number of aromatic nitrogens is 3. The average molecular weight is 544 g/mol. The smallest absolute Gasteiger partial charge is 0.319 e. The van der Waals surface area contributed by atoms with Gasteiger partial charge in [0.15, 0.2) is 5.82 Å². The fourth-order valence-electron chi connectivity index (χ4n) is 9.06. The Kier molecular flexibility index (Phi) is 5.10. The second-order valence-corrected chi connectivity index (χ2v) is 13.5. The molecule has 6 atom stereocenters. The van der Waals surface area contributed by atoms with E-state index in [0.29, 0.717) is 54.3 Å². The largest absolute Gasteiger partial charge is 0.461 e. The van der Waals surface area contributed by atoms with Crippen LogP contribution in [0.5, 0.6) is 6.01 Å². The summed E-state index contributed by atoms with van der Waals surface area (Å²) in [5.74, 6) is 2.96. The van der Waals surface area contributed by atoms with Crippen LogP contribution in [-0.2, 0) is 6.42 Å². The van der Waals surface area contributed by atoms with E-state index in [0.717, 1.165) is 50.3 Å². The van der Waals surface area contributed by atoms with Crippen molar-refractivity contribution in [3.63, 3.8) is 0 Å². The Balaban J connectivity index is 1.14. The van der Waals surface area contributed by atoms with Crippen molar-refractivity contribution in [2.24, 2.45) is 17.8 Å². The van der Waals surface area contributed by atoms with Crippen molar-refractivity contribution in [3.05, 3.63) is 41.3 Å². The summed E-state index contributed by atoms with van der Waals surface area (Å²) in [6.07, 6.45) is 9.39. The third-order valence-electron chi connectivity index (χ3n) is 11.0. The standard InChI is InChI=1S/C32H35F2N5O/c33-21-12-32(7-2-8-39(32)16-21)17-40-31-36-29-26(30(37-31)38-14-18-5-6-19(9-18)15-38)13-35-28(27(29)34)23-4-1-3-22-24-10-20(24)11-25(22)23/h1,3-4,13,18-21,24H,2,5-12,14-17H2/t18?,19?,20?,21-,24?,32+/m1/s1. The van der Waals surface area contributed by atoms with Crippen molar-refractivity contribution < 1.29 is 13.5 Å². The van der Waals surface area contributed by atoms with Gasteiger partial charge in [0.05, 0.1) is 10.9 Å². The van der Waals surface area contributed by atoms with Gasteiger partial charge in [-0.1, -0.05) is 18.2 Å². The number of hydrogen-bond donors (Lipinski definition) is 0. The van der Waals surface area contributed by atoms with Crippen LogP contribution in [0.25, 0.3) is 22.2 Å². The minimum atomic E-state index is -0.828. The Labute approximate surface area is 233 Å². The Hall–Kier alpha value is -2.87. The molecule has 3 aromatic rings. The van der Waals surface area contributed by atoms with Crippen LogP contribution in [0.1, 0.15) is 62.0 Å². The third kappa shape index (κ3) is 3.57. The zero-order valence-corrected chi connectivity index (χ0v) is 22.8. The van der Waals surface area contributed by atoms with Crippen LogP contribution in [0.15, 0.2) is 24.4 Å². The van der Waals surface area contributed by atoms with E-state index in [2.05, 4.69) is 15.9 Å². The Morgan fingerprint density at radius 2 is 1.95 bits per heavy atom. The van der Waals surface area contributed by atoms with Crippen LogP contribution in [0.3, 0.4) is 0 Å². The van der Waals surface area contributed by atoms with E-state index in [1.807, 2.05) is 12.1 Å². The number of rotatable bonds is 5. The second-order valence-electron chi connectivity index (χ2n) is 13.5. The molecule has 5 heterocycles. The number of fused-ring (bicyclic) bond motifs is 7.